The molecule has 568 valence electrons. The van der Waals surface area contributed by atoms with E-state index in [4.69, 9.17) is 0 Å². The van der Waals surface area contributed by atoms with Crippen LogP contribution in [-0.2, 0) is 66.7 Å². The smallest absolute Gasteiger partial charge is 0.744 e. The van der Waals surface area contributed by atoms with Gasteiger partial charge < -0.3 is 28.7 Å². The molecule has 0 spiro atoms. The minimum Gasteiger partial charge on any atom is -0.744 e. The summed E-state index contributed by atoms with van der Waals surface area (Å²) in [5.41, 5.74) is 22.2. The molecule has 0 fully saturated rings. The van der Waals surface area contributed by atoms with Crippen LogP contribution in [0.3, 0.4) is 0 Å². The number of hydrogen-bond acceptors (Lipinski definition) is 14. The summed E-state index contributed by atoms with van der Waals surface area (Å²) in [5, 5.41) is 0. The van der Waals surface area contributed by atoms with Gasteiger partial charge in [-0.25, -0.2) is 26.0 Å². The van der Waals surface area contributed by atoms with Gasteiger partial charge in [0.2, 0.25) is 0 Å². The fourth-order valence-electron chi connectivity index (χ4n) is 13.9. The maximum absolute atomic E-state index is 11.8. The predicted molar refractivity (Wildman–Crippen MR) is 440 cm³/mol. The average Bonchev–Trinajstić information content (AvgIpc) is 0.778. The normalized spacial score (nSPS) is 12.8. The van der Waals surface area contributed by atoms with Crippen molar-refractivity contribution >= 4 is 135 Å². The number of rotatable bonds is 28. The van der Waals surface area contributed by atoms with Crippen LogP contribution in [0.15, 0.2) is 249 Å². The predicted octanol–water partition coefficient (Wildman–Crippen LogP) is 15.5. The van der Waals surface area contributed by atoms with Crippen molar-refractivity contribution in [2.45, 2.75) is 129 Å². The number of benzene rings is 8. The molecular formula is C86H98BaN6O12S4+2. The Balaban J connectivity index is 0.000000272. The van der Waals surface area contributed by atoms with Gasteiger partial charge in [-0.15, -0.1) is 0 Å². The first-order valence-corrected chi connectivity index (χ1v) is 42.1. The molecule has 0 radical (unpaired) electrons. The molecule has 0 saturated carbocycles. The molecule has 0 atom stereocenters. The molecule has 0 heterocycles. The average molecular weight is 1670 g/mol. The molecule has 0 aliphatic heterocycles. The number of nitrogens with zero attached hydrogens (tertiary/aromatic N) is 6. The second-order valence-corrected chi connectivity index (χ2v) is 32.3. The van der Waals surface area contributed by atoms with E-state index in [9.17, 15) is 51.9 Å². The van der Waals surface area contributed by atoms with Gasteiger partial charge in [-0.1, -0.05) is 72.8 Å². The molecule has 8 aromatic carbocycles. The van der Waals surface area contributed by atoms with Crippen molar-refractivity contribution in [3.8, 4) is 0 Å². The maximum Gasteiger partial charge on any atom is 2.00 e. The third-order valence-corrected chi connectivity index (χ3v) is 23.1. The molecule has 0 unspecified atom stereocenters. The SMILES string of the molecule is CCN(Cc1cccc(S(=O)(=O)[O-])c1)c1ccc(C(=C2C=CC(=[N+](CC)CC)C=C2)c2ccc(N(CC)Cc3cccc(S(=O)(=O)O)c3)cc2C)c(C)c1.CCN(Cc1cccc(S(=O)(=O)[O-])c1)c1ccc(C(=C2C=CC(=[N+](CC)CC)C=C2)c2ccc(N(CC)Cc3cccc(S(=O)(=O)O)c3)cc2C)c(C)c1.[Ba+2]. The molecule has 18 nitrogen and oxygen atoms in total. The molecule has 23 heteroatoms. The Morgan fingerprint density at radius 1 is 0.330 bits per heavy atom. The van der Waals surface area contributed by atoms with Gasteiger partial charge in [0.25, 0.3) is 20.2 Å². The van der Waals surface area contributed by atoms with Crippen LogP contribution >= 0.6 is 0 Å². The summed E-state index contributed by atoms with van der Waals surface area (Å²) in [6.45, 7) is 33.4. The van der Waals surface area contributed by atoms with E-state index in [1.54, 1.807) is 24.3 Å². The number of aryl methyl sites for hydroxylation is 4. The van der Waals surface area contributed by atoms with E-state index in [2.05, 4.69) is 219 Å². The third-order valence-electron chi connectivity index (χ3n) is 19.7. The Bertz CT molecular complexity index is 4770. The Hall–Kier alpha value is -8.05. The molecule has 8 aromatic rings. The van der Waals surface area contributed by atoms with Gasteiger partial charge >= 0.3 is 48.9 Å². The molecule has 0 amide bonds. The van der Waals surface area contributed by atoms with Gasteiger partial charge in [-0.05, 0) is 294 Å². The zero-order valence-corrected chi connectivity index (χ0v) is 72.0. The number of allylic oxidation sites excluding steroid dienone is 10. The summed E-state index contributed by atoms with van der Waals surface area (Å²) in [4.78, 5) is 7.92. The number of hydrogen-bond donors (Lipinski definition) is 2. The van der Waals surface area contributed by atoms with Crippen LogP contribution in [0, 0.1) is 27.7 Å². The Labute approximate surface area is 686 Å². The standard InChI is InChI=1S/2C43H49N3O6S2.Ba/c2*1-7-44(8-2)36-19-17-35(18-20-36)43(41-23-21-37(25-31(41)5)45(9-3)29-33-13-11-15-39(27-33)53(47,48)49)42-24-22-38(26-32(42)6)46(10-4)30-34-14-12-16-40(28-34)54(50,51)52;/h2*11-28H,7-10,29-30H2,1-6H3,(H-,47,48,49,50,51,52);/q;;+2. The van der Waals surface area contributed by atoms with E-state index >= 15 is 0 Å². The number of anilines is 4. The zero-order valence-electron chi connectivity index (χ0n) is 64.3. The summed E-state index contributed by atoms with van der Waals surface area (Å²) in [6.07, 6.45) is 17.4. The van der Waals surface area contributed by atoms with E-state index in [1.807, 2.05) is 38.1 Å². The van der Waals surface area contributed by atoms with Crippen LogP contribution in [0.5, 0.6) is 0 Å². The molecule has 0 aromatic heterocycles. The monoisotopic (exact) mass is 1670 g/mol. The van der Waals surface area contributed by atoms with Crippen LogP contribution in [0.25, 0.3) is 11.1 Å². The first-order valence-electron chi connectivity index (χ1n) is 36.4. The van der Waals surface area contributed by atoms with Gasteiger partial charge in [0.15, 0.2) is 11.4 Å². The topological polar surface area (TPSA) is 242 Å². The van der Waals surface area contributed by atoms with Gasteiger partial charge in [0, 0.05) is 99.4 Å². The van der Waals surface area contributed by atoms with Crippen molar-refractivity contribution in [2.75, 3.05) is 72.0 Å². The first-order chi connectivity index (χ1) is 51.3. The Kier molecular flexibility index (Phi) is 30.4. The molecule has 10 rings (SSSR count). The van der Waals surface area contributed by atoms with Crippen molar-refractivity contribution in [1.29, 1.82) is 0 Å². The van der Waals surface area contributed by atoms with Crippen LogP contribution < -0.4 is 19.6 Å². The summed E-state index contributed by atoms with van der Waals surface area (Å²) in [6, 6.07) is 50.8. The quantitative estimate of drug-likeness (QED) is 0.0263. The van der Waals surface area contributed by atoms with Gasteiger partial charge in [-0.3, -0.25) is 9.11 Å². The Morgan fingerprint density at radius 3 is 0.761 bits per heavy atom. The van der Waals surface area contributed by atoms with Crippen LogP contribution in [0.4, 0.5) is 22.7 Å². The summed E-state index contributed by atoms with van der Waals surface area (Å²) < 4.78 is 141. The molecular weight excluding hydrogens is 1570 g/mol. The van der Waals surface area contributed by atoms with Gasteiger partial charge in [-0.2, -0.15) is 16.8 Å². The Morgan fingerprint density at radius 2 is 0.560 bits per heavy atom. The van der Waals surface area contributed by atoms with Crippen LogP contribution in [0.1, 0.15) is 122 Å². The van der Waals surface area contributed by atoms with Gasteiger partial charge in [0.1, 0.15) is 46.4 Å². The van der Waals surface area contributed by atoms with Gasteiger partial charge in [0.05, 0.1) is 19.6 Å². The molecule has 0 bridgehead atoms. The van der Waals surface area contributed by atoms with Crippen LogP contribution in [0.2, 0.25) is 0 Å². The second kappa shape index (κ2) is 38.3. The third kappa shape index (κ3) is 22.2. The molecule has 2 aliphatic rings. The minimum absolute atomic E-state index is 0. The van der Waals surface area contributed by atoms with Crippen LogP contribution in [-0.4, -0.2) is 174 Å². The summed E-state index contributed by atoms with van der Waals surface area (Å²) in [5.74, 6) is 0. The summed E-state index contributed by atoms with van der Waals surface area (Å²) >= 11 is 0. The molecule has 2 N–H and O–H groups in total. The molecule has 109 heavy (non-hydrogen) atoms. The van der Waals surface area contributed by atoms with Crippen molar-refractivity contribution in [3.63, 3.8) is 0 Å². The van der Waals surface area contributed by atoms with E-state index in [-0.39, 0.29) is 68.5 Å². The van der Waals surface area contributed by atoms with Crippen molar-refractivity contribution < 1.29 is 61.0 Å². The minimum atomic E-state index is -4.56. The van der Waals surface area contributed by atoms with E-state index in [1.165, 1.54) is 48.5 Å². The van der Waals surface area contributed by atoms with Crippen molar-refractivity contribution in [2.24, 2.45) is 0 Å². The second-order valence-electron chi connectivity index (χ2n) is 26.7. The molecule has 0 saturated heterocycles. The van der Waals surface area contributed by atoms with E-state index < -0.39 is 40.5 Å². The van der Waals surface area contributed by atoms with Crippen molar-refractivity contribution in [3.05, 3.63) is 296 Å². The fourth-order valence-corrected chi connectivity index (χ4v) is 16.1. The first kappa shape index (κ1) is 86.5. The fraction of sp³-hybridized carbons (Fsp3) is 0.279. The zero-order chi connectivity index (χ0) is 78.4. The largest absolute Gasteiger partial charge is 2.00 e. The van der Waals surface area contributed by atoms with E-state index in [0.717, 1.165) is 149 Å². The van der Waals surface area contributed by atoms with Crippen molar-refractivity contribution in [1.82, 2.24) is 0 Å². The summed E-state index contributed by atoms with van der Waals surface area (Å²) in [7, 11) is -17.7. The molecule has 2 aliphatic carbocycles. The van der Waals surface area contributed by atoms with E-state index in [0.29, 0.717) is 52.4 Å². The maximum atomic E-state index is 11.8.